The zero-order chi connectivity index (χ0) is 19.0. The number of anilines is 2. The second-order valence-electron chi connectivity index (χ2n) is 6.38. The minimum atomic E-state index is -0.677. The molecule has 27 heavy (non-hydrogen) atoms. The van der Waals surface area contributed by atoms with E-state index in [1.54, 1.807) is 28.9 Å². The molecule has 7 heteroatoms. The SMILES string of the molecule is Cc1nn2c(c1-c1ccccc1)NC(=O)C2CC(=O)Nc1ccc(Cl)cc1. The third-order valence-corrected chi connectivity index (χ3v) is 4.75. The fourth-order valence-electron chi connectivity index (χ4n) is 3.25. The quantitative estimate of drug-likeness (QED) is 0.717. The van der Waals surface area contributed by atoms with Gasteiger partial charge in [-0.2, -0.15) is 5.10 Å². The van der Waals surface area contributed by atoms with Crippen LogP contribution in [0.25, 0.3) is 11.1 Å². The van der Waals surface area contributed by atoms with Crippen molar-refractivity contribution < 1.29 is 9.59 Å². The van der Waals surface area contributed by atoms with Crippen LogP contribution in [0.3, 0.4) is 0 Å². The van der Waals surface area contributed by atoms with E-state index in [4.69, 9.17) is 11.6 Å². The summed E-state index contributed by atoms with van der Waals surface area (Å²) in [5, 5.41) is 10.8. The minimum absolute atomic E-state index is 0.00317. The second kappa shape index (κ2) is 6.89. The summed E-state index contributed by atoms with van der Waals surface area (Å²) in [5.74, 6) is 0.133. The summed E-state index contributed by atoms with van der Waals surface area (Å²) in [4.78, 5) is 24.9. The molecular formula is C20H17ClN4O2. The highest BCUT2D eigenvalue weighted by molar-refractivity contribution is 6.30. The van der Waals surface area contributed by atoms with Crippen molar-refractivity contribution >= 4 is 34.9 Å². The van der Waals surface area contributed by atoms with Crippen molar-refractivity contribution in [2.24, 2.45) is 0 Å². The standard InChI is InChI=1S/C20H17ClN4O2/c1-12-18(13-5-3-2-4-6-13)19-23-20(27)16(25(19)24-12)11-17(26)22-15-9-7-14(21)8-10-15/h2-10,16H,11H2,1H3,(H,22,26)(H,23,27). The third kappa shape index (κ3) is 3.31. The lowest BCUT2D eigenvalue weighted by Gasteiger charge is -2.10. The van der Waals surface area contributed by atoms with Crippen molar-refractivity contribution in [2.75, 3.05) is 10.6 Å². The summed E-state index contributed by atoms with van der Waals surface area (Å²) >= 11 is 5.85. The molecule has 0 aliphatic carbocycles. The van der Waals surface area contributed by atoms with Crippen molar-refractivity contribution in [2.45, 2.75) is 19.4 Å². The van der Waals surface area contributed by atoms with E-state index >= 15 is 0 Å². The van der Waals surface area contributed by atoms with E-state index in [0.717, 1.165) is 16.8 Å². The average Bonchev–Trinajstić information content (AvgIpc) is 3.12. The zero-order valence-electron chi connectivity index (χ0n) is 14.6. The van der Waals surface area contributed by atoms with E-state index < -0.39 is 6.04 Å². The molecule has 1 aliphatic heterocycles. The lowest BCUT2D eigenvalue weighted by atomic mass is 10.1. The molecule has 0 radical (unpaired) electrons. The number of carbonyl (C=O) groups is 2. The Kier molecular flexibility index (Phi) is 4.41. The van der Waals surface area contributed by atoms with Gasteiger partial charge in [0.25, 0.3) is 5.91 Å². The van der Waals surface area contributed by atoms with E-state index in [1.165, 1.54) is 0 Å². The van der Waals surface area contributed by atoms with Gasteiger partial charge in [0, 0.05) is 16.3 Å². The molecule has 0 spiro atoms. The Morgan fingerprint density at radius 1 is 1.19 bits per heavy atom. The lowest BCUT2D eigenvalue weighted by molar-refractivity contribution is -0.123. The zero-order valence-corrected chi connectivity index (χ0v) is 15.3. The minimum Gasteiger partial charge on any atom is -0.326 e. The number of halogens is 1. The highest BCUT2D eigenvalue weighted by Crippen LogP contribution is 2.38. The molecule has 1 aromatic heterocycles. The van der Waals surface area contributed by atoms with Crippen LogP contribution >= 0.6 is 11.6 Å². The molecule has 1 atom stereocenters. The molecule has 0 fully saturated rings. The van der Waals surface area contributed by atoms with Gasteiger partial charge in [0.1, 0.15) is 11.9 Å². The molecule has 2 heterocycles. The van der Waals surface area contributed by atoms with E-state index in [-0.39, 0.29) is 18.2 Å². The fraction of sp³-hybridized carbons (Fsp3) is 0.150. The number of carbonyl (C=O) groups excluding carboxylic acids is 2. The molecule has 2 aromatic carbocycles. The van der Waals surface area contributed by atoms with Crippen LogP contribution in [-0.4, -0.2) is 21.6 Å². The molecular weight excluding hydrogens is 364 g/mol. The molecule has 1 aliphatic rings. The van der Waals surface area contributed by atoms with Crippen molar-refractivity contribution in [3.05, 3.63) is 65.3 Å². The Morgan fingerprint density at radius 3 is 2.59 bits per heavy atom. The molecule has 4 rings (SSSR count). The van der Waals surface area contributed by atoms with Gasteiger partial charge in [-0.1, -0.05) is 41.9 Å². The Labute approximate surface area is 161 Å². The highest BCUT2D eigenvalue weighted by atomic mass is 35.5. The Morgan fingerprint density at radius 2 is 1.89 bits per heavy atom. The topological polar surface area (TPSA) is 76.0 Å². The van der Waals surface area contributed by atoms with Crippen LogP contribution in [0.1, 0.15) is 18.2 Å². The van der Waals surface area contributed by atoms with Crippen LogP contribution in [0, 0.1) is 6.92 Å². The van der Waals surface area contributed by atoms with E-state index in [2.05, 4.69) is 15.7 Å². The lowest BCUT2D eigenvalue weighted by Crippen LogP contribution is -2.23. The van der Waals surface area contributed by atoms with Crippen LogP contribution in [0.5, 0.6) is 0 Å². The van der Waals surface area contributed by atoms with Crippen LogP contribution in [0.4, 0.5) is 11.5 Å². The predicted octanol–water partition coefficient (Wildman–Crippen LogP) is 4.03. The predicted molar refractivity (Wildman–Crippen MR) is 105 cm³/mol. The number of benzene rings is 2. The molecule has 3 aromatic rings. The normalized spacial score (nSPS) is 15.3. The molecule has 2 amide bonds. The summed E-state index contributed by atoms with van der Waals surface area (Å²) in [6.45, 7) is 1.89. The summed E-state index contributed by atoms with van der Waals surface area (Å²) in [7, 11) is 0. The van der Waals surface area contributed by atoms with Gasteiger partial charge in [0.2, 0.25) is 5.91 Å². The first kappa shape index (κ1) is 17.3. The Hall–Kier alpha value is -3.12. The van der Waals surface area contributed by atoms with Crippen molar-refractivity contribution in [1.82, 2.24) is 9.78 Å². The first-order valence-corrected chi connectivity index (χ1v) is 8.91. The van der Waals surface area contributed by atoms with Gasteiger partial charge in [-0.05, 0) is 36.8 Å². The van der Waals surface area contributed by atoms with Crippen molar-refractivity contribution in [1.29, 1.82) is 0 Å². The number of fused-ring (bicyclic) bond motifs is 1. The van der Waals surface area contributed by atoms with Gasteiger partial charge in [0.05, 0.1) is 12.1 Å². The maximum Gasteiger partial charge on any atom is 0.251 e. The number of amides is 2. The summed E-state index contributed by atoms with van der Waals surface area (Å²) in [6, 6.07) is 15.9. The first-order chi connectivity index (χ1) is 13.0. The highest BCUT2D eigenvalue weighted by Gasteiger charge is 2.36. The van der Waals surface area contributed by atoms with Crippen LogP contribution < -0.4 is 10.6 Å². The monoisotopic (exact) mass is 380 g/mol. The van der Waals surface area contributed by atoms with E-state index in [0.29, 0.717) is 16.5 Å². The number of nitrogens with zero attached hydrogens (tertiary/aromatic N) is 2. The van der Waals surface area contributed by atoms with E-state index in [9.17, 15) is 9.59 Å². The Balaban J connectivity index is 1.57. The summed E-state index contributed by atoms with van der Waals surface area (Å²) < 4.78 is 1.61. The van der Waals surface area contributed by atoms with Crippen molar-refractivity contribution in [3.8, 4) is 11.1 Å². The van der Waals surface area contributed by atoms with Gasteiger partial charge in [-0.25, -0.2) is 4.68 Å². The largest absolute Gasteiger partial charge is 0.326 e. The van der Waals surface area contributed by atoms with Crippen LogP contribution in [0.2, 0.25) is 5.02 Å². The molecule has 6 nitrogen and oxygen atoms in total. The number of hydrogen-bond acceptors (Lipinski definition) is 3. The average molecular weight is 381 g/mol. The maximum absolute atomic E-state index is 12.5. The first-order valence-electron chi connectivity index (χ1n) is 8.54. The molecule has 0 saturated carbocycles. The summed E-state index contributed by atoms with van der Waals surface area (Å²) in [5.41, 5.74) is 3.29. The third-order valence-electron chi connectivity index (χ3n) is 4.49. The van der Waals surface area contributed by atoms with Gasteiger partial charge < -0.3 is 10.6 Å². The van der Waals surface area contributed by atoms with Gasteiger partial charge in [-0.15, -0.1) is 0 Å². The smallest absolute Gasteiger partial charge is 0.251 e. The molecule has 0 saturated heterocycles. The molecule has 136 valence electrons. The molecule has 1 unspecified atom stereocenters. The van der Waals surface area contributed by atoms with E-state index in [1.807, 2.05) is 37.3 Å². The van der Waals surface area contributed by atoms with Gasteiger partial charge >= 0.3 is 0 Å². The maximum atomic E-state index is 12.5. The molecule has 2 N–H and O–H groups in total. The number of aromatic nitrogens is 2. The summed E-state index contributed by atoms with van der Waals surface area (Å²) in [6.07, 6.45) is -0.00317. The second-order valence-corrected chi connectivity index (χ2v) is 6.82. The molecule has 0 bridgehead atoms. The van der Waals surface area contributed by atoms with Gasteiger partial charge in [-0.3, -0.25) is 9.59 Å². The van der Waals surface area contributed by atoms with Crippen LogP contribution in [-0.2, 0) is 9.59 Å². The Bertz CT molecular complexity index is 1010. The fourth-order valence-corrected chi connectivity index (χ4v) is 3.38. The number of aryl methyl sites for hydroxylation is 1. The van der Waals surface area contributed by atoms with Crippen molar-refractivity contribution in [3.63, 3.8) is 0 Å². The number of nitrogens with one attached hydrogen (secondary N) is 2. The van der Waals surface area contributed by atoms with Crippen LogP contribution in [0.15, 0.2) is 54.6 Å². The number of hydrogen-bond donors (Lipinski definition) is 2. The number of rotatable bonds is 4. The van der Waals surface area contributed by atoms with Gasteiger partial charge in [0.15, 0.2) is 0 Å².